The van der Waals surface area contributed by atoms with Gasteiger partial charge < -0.3 is 15.4 Å². The number of carbonyl (C=O) groups excluding carboxylic acids is 1. The van der Waals surface area contributed by atoms with Gasteiger partial charge in [0.05, 0.1) is 7.11 Å². The fraction of sp³-hybridized carbons (Fsp3) is 0.500. The first kappa shape index (κ1) is 15.4. The molecule has 0 aliphatic rings. The number of carbonyl (C=O) groups is 1. The van der Waals surface area contributed by atoms with E-state index < -0.39 is 0 Å². The molecular weight excluding hydrogens is 247 g/mol. The van der Waals surface area contributed by atoms with Crippen molar-refractivity contribution in [3.8, 4) is 5.75 Å². The Kier molecular flexibility index (Phi) is 6.89. The van der Waals surface area contributed by atoms with Gasteiger partial charge in [-0.05, 0) is 12.5 Å². The van der Waals surface area contributed by atoms with Crippen LogP contribution in [0.25, 0.3) is 0 Å². The Bertz CT molecular complexity index is 410. The van der Waals surface area contributed by atoms with Crippen LogP contribution in [0.1, 0.15) is 25.3 Å². The van der Waals surface area contributed by atoms with E-state index in [0.717, 1.165) is 6.42 Å². The van der Waals surface area contributed by atoms with E-state index in [1.807, 2.05) is 6.92 Å². The SMILES string of the molecule is CCCNC(=O)CCNCc1ccc(OC)cc1F. The molecule has 0 aromatic heterocycles. The van der Waals surface area contributed by atoms with Crippen molar-refractivity contribution in [2.75, 3.05) is 20.2 Å². The van der Waals surface area contributed by atoms with E-state index in [1.165, 1.54) is 13.2 Å². The Morgan fingerprint density at radius 3 is 2.79 bits per heavy atom. The third kappa shape index (κ3) is 5.70. The minimum Gasteiger partial charge on any atom is -0.497 e. The van der Waals surface area contributed by atoms with Crippen LogP contribution < -0.4 is 15.4 Å². The van der Waals surface area contributed by atoms with E-state index in [9.17, 15) is 9.18 Å². The normalized spacial score (nSPS) is 10.3. The van der Waals surface area contributed by atoms with Crippen LogP contribution in [0.3, 0.4) is 0 Å². The first-order valence-electron chi connectivity index (χ1n) is 6.47. The molecule has 0 spiro atoms. The lowest BCUT2D eigenvalue weighted by Crippen LogP contribution is -2.28. The number of benzene rings is 1. The van der Waals surface area contributed by atoms with Crippen molar-refractivity contribution in [1.82, 2.24) is 10.6 Å². The molecule has 5 heteroatoms. The van der Waals surface area contributed by atoms with Gasteiger partial charge in [-0.2, -0.15) is 0 Å². The maximum atomic E-state index is 13.6. The first-order chi connectivity index (χ1) is 9.17. The molecule has 1 amide bonds. The van der Waals surface area contributed by atoms with E-state index >= 15 is 0 Å². The van der Waals surface area contributed by atoms with E-state index in [0.29, 0.717) is 37.4 Å². The second-order valence-electron chi connectivity index (χ2n) is 4.23. The molecule has 106 valence electrons. The quantitative estimate of drug-likeness (QED) is 0.707. The second kappa shape index (κ2) is 8.48. The summed E-state index contributed by atoms with van der Waals surface area (Å²) in [4.78, 5) is 11.3. The van der Waals surface area contributed by atoms with Crippen LogP contribution in [-0.2, 0) is 11.3 Å². The molecule has 0 heterocycles. The average molecular weight is 268 g/mol. The van der Waals surface area contributed by atoms with Gasteiger partial charge in [0.15, 0.2) is 0 Å². The van der Waals surface area contributed by atoms with Crippen LogP contribution in [0.4, 0.5) is 4.39 Å². The Labute approximate surface area is 113 Å². The lowest BCUT2D eigenvalue weighted by atomic mass is 10.2. The molecule has 4 nitrogen and oxygen atoms in total. The zero-order chi connectivity index (χ0) is 14.1. The molecule has 0 fully saturated rings. The topological polar surface area (TPSA) is 50.4 Å². The van der Waals surface area contributed by atoms with Gasteiger partial charge in [-0.25, -0.2) is 4.39 Å². The van der Waals surface area contributed by atoms with Crippen LogP contribution >= 0.6 is 0 Å². The third-order valence-electron chi connectivity index (χ3n) is 2.68. The number of methoxy groups -OCH3 is 1. The summed E-state index contributed by atoms with van der Waals surface area (Å²) in [5.74, 6) is 0.215. The van der Waals surface area contributed by atoms with Crippen LogP contribution in [0.15, 0.2) is 18.2 Å². The number of ether oxygens (including phenoxy) is 1. The first-order valence-corrected chi connectivity index (χ1v) is 6.47. The molecule has 0 radical (unpaired) electrons. The highest BCUT2D eigenvalue weighted by Gasteiger charge is 2.04. The Balaban J connectivity index is 2.27. The summed E-state index contributed by atoms with van der Waals surface area (Å²) < 4.78 is 18.5. The van der Waals surface area contributed by atoms with Gasteiger partial charge in [0, 0.05) is 37.7 Å². The highest BCUT2D eigenvalue weighted by Crippen LogP contribution is 2.15. The lowest BCUT2D eigenvalue weighted by Gasteiger charge is -2.08. The van der Waals surface area contributed by atoms with Gasteiger partial charge in [0.2, 0.25) is 5.91 Å². The van der Waals surface area contributed by atoms with Crippen LogP contribution in [0.2, 0.25) is 0 Å². The summed E-state index contributed by atoms with van der Waals surface area (Å²) in [7, 11) is 1.50. The summed E-state index contributed by atoms with van der Waals surface area (Å²) in [6.45, 7) is 3.63. The summed E-state index contributed by atoms with van der Waals surface area (Å²) >= 11 is 0. The zero-order valence-electron chi connectivity index (χ0n) is 11.5. The highest BCUT2D eigenvalue weighted by atomic mass is 19.1. The molecule has 1 aromatic carbocycles. The lowest BCUT2D eigenvalue weighted by molar-refractivity contribution is -0.120. The molecule has 0 atom stereocenters. The van der Waals surface area contributed by atoms with Gasteiger partial charge in [-0.3, -0.25) is 4.79 Å². The fourth-order valence-corrected chi connectivity index (χ4v) is 1.58. The van der Waals surface area contributed by atoms with E-state index in [4.69, 9.17) is 4.74 Å². The molecule has 1 rings (SSSR count). The predicted molar refractivity (Wildman–Crippen MR) is 72.6 cm³/mol. The molecule has 0 aliphatic carbocycles. The molecule has 0 aliphatic heterocycles. The Hall–Kier alpha value is -1.62. The molecule has 0 saturated heterocycles. The van der Waals surface area contributed by atoms with Crippen molar-refractivity contribution in [2.45, 2.75) is 26.3 Å². The predicted octanol–water partition coefficient (Wildman–Crippen LogP) is 1.84. The summed E-state index contributed by atoms with van der Waals surface area (Å²) in [6, 6.07) is 4.75. The van der Waals surface area contributed by atoms with Crippen molar-refractivity contribution in [1.29, 1.82) is 0 Å². The smallest absolute Gasteiger partial charge is 0.221 e. The number of halogens is 1. The Morgan fingerprint density at radius 1 is 1.37 bits per heavy atom. The molecule has 2 N–H and O–H groups in total. The van der Waals surface area contributed by atoms with Crippen molar-refractivity contribution in [2.24, 2.45) is 0 Å². The van der Waals surface area contributed by atoms with E-state index in [-0.39, 0.29) is 11.7 Å². The van der Waals surface area contributed by atoms with E-state index in [1.54, 1.807) is 12.1 Å². The van der Waals surface area contributed by atoms with Crippen LogP contribution in [0, 0.1) is 5.82 Å². The van der Waals surface area contributed by atoms with Gasteiger partial charge >= 0.3 is 0 Å². The summed E-state index contributed by atoms with van der Waals surface area (Å²) in [5.41, 5.74) is 0.565. The van der Waals surface area contributed by atoms with Crippen molar-refractivity contribution in [3.05, 3.63) is 29.6 Å². The molecule has 0 unspecified atom stereocenters. The van der Waals surface area contributed by atoms with E-state index in [2.05, 4.69) is 10.6 Å². The zero-order valence-corrected chi connectivity index (χ0v) is 11.5. The van der Waals surface area contributed by atoms with Crippen LogP contribution in [-0.4, -0.2) is 26.1 Å². The standard InChI is InChI=1S/C14H21FN2O2/c1-3-7-17-14(18)6-8-16-10-11-4-5-12(19-2)9-13(11)15/h4-5,9,16H,3,6-8,10H2,1-2H3,(H,17,18). The van der Waals surface area contributed by atoms with Gasteiger partial charge in [0.25, 0.3) is 0 Å². The second-order valence-corrected chi connectivity index (χ2v) is 4.23. The van der Waals surface area contributed by atoms with Gasteiger partial charge in [0.1, 0.15) is 11.6 Å². The number of nitrogens with one attached hydrogen (secondary N) is 2. The van der Waals surface area contributed by atoms with Crippen molar-refractivity contribution < 1.29 is 13.9 Å². The maximum Gasteiger partial charge on any atom is 0.221 e. The number of hydrogen-bond acceptors (Lipinski definition) is 3. The largest absolute Gasteiger partial charge is 0.497 e. The molecular formula is C14H21FN2O2. The third-order valence-corrected chi connectivity index (χ3v) is 2.68. The molecule has 19 heavy (non-hydrogen) atoms. The molecule has 0 saturated carbocycles. The highest BCUT2D eigenvalue weighted by molar-refractivity contribution is 5.75. The van der Waals surface area contributed by atoms with Gasteiger partial charge in [-0.15, -0.1) is 0 Å². The minimum absolute atomic E-state index is 0.0181. The maximum absolute atomic E-state index is 13.6. The summed E-state index contributed by atoms with van der Waals surface area (Å²) in [6.07, 6.45) is 1.33. The van der Waals surface area contributed by atoms with Crippen molar-refractivity contribution in [3.63, 3.8) is 0 Å². The summed E-state index contributed by atoms with van der Waals surface area (Å²) in [5, 5.41) is 5.83. The monoisotopic (exact) mass is 268 g/mol. The number of amides is 1. The molecule has 1 aromatic rings. The molecule has 0 bridgehead atoms. The fourth-order valence-electron chi connectivity index (χ4n) is 1.58. The Morgan fingerprint density at radius 2 is 2.16 bits per heavy atom. The number of hydrogen-bond donors (Lipinski definition) is 2. The van der Waals surface area contributed by atoms with Gasteiger partial charge in [-0.1, -0.05) is 13.0 Å². The average Bonchev–Trinajstić information content (AvgIpc) is 2.42. The minimum atomic E-state index is -0.303. The van der Waals surface area contributed by atoms with Crippen molar-refractivity contribution >= 4 is 5.91 Å². The number of rotatable bonds is 8. The van der Waals surface area contributed by atoms with Crippen LogP contribution in [0.5, 0.6) is 5.75 Å².